The highest BCUT2D eigenvalue weighted by atomic mass is 16.5. The van der Waals surface area contributed by atoms with Crippen LogP contribution in [0.1, 0.15) is 43.9 Å². The van der Waals surface area contributed by atoms with Crippen LogP contribution >= 0.6 is 0 Å². The molecule has 7 heteroatoms. The summed E-state index contributed by atoms with van der Waals surface area (Å²) in [6.07, 6.45) is 8.22. The van der Waals surface area contributed by atoms with Gasteiger partial charge >= 0.3 is 0 Å². The zero-order chi connectivity index (χ0) is 19.2. The molecule has 0 aromatic carbocycles. The molecule has 0 spiro atoms. The third-order valence-corrected chi connectivity index (χ3v) is 6.14. The van der Waals surface area contributed by atoms with E-state index in [1.807, 2.05) is 13.1 Å². The topological polar surface area (TPSA) is 62.5 Å². The molecule has 28 heavy (non-hydrogen) atoms. The Morgan fingerprint density at radius 2 is 2.00 bits per heavy atom. The SMILES string of the molecule is CN=C(NCC(c1ccco1)N1CCCCC1)N1CCOC(C2CCCO2)C1. The molecule has 1 aromatic rings. The van der Waals surface area contributed by atoms with Crippen LogP contribution in [0.2, 0.25) is 0 Å². The number of ether oxygens (including phenoxy) is 2. The molecule has 0 amide bonds. The second-order valence-corrected chi connectivity index (χ2v) is 7.96. The van der Waals surface area contributed by atoms with Crippen LogP contribution in [0.4, 0.5) is 0 Å². The quantitative estimate of drug-likeness (QED) is 0.615. The van der Waals surface area contributed by atoms with Gasteiger partial charge in [0.2, 0.25) is 0 Å². The molecular formula is C21H34N4O3. The summed E-state index contributed by atoms with van der Waals surface area (Å²) >= 11 is 0. The second-order valence-electron chi connectivity index (χ2n) is 7.96. The molecule has 156 valence electrons. The van der Waals surface area contributed by atoms with Crippen molar-refractivity contribution in [2.75, 3.05) is 53.0 Å². The van der Waals surface area contributed by atoms with E-state index in [0.717, 1.165) is 70.5 Å². The Balaban J connectivity index is 1.37. The summed E-state index contributed by atoms with van der Waals surface area (Å²) in [6.45, 7) is 6.32. The van der Waals surface area contributed by atoms with Crippen LogP contribution in [0, 0.1) is 0 Å². The molecule has 3 atom stereocenters. The molecule has 3 fully saturated rings. The fourth-order valence-corrected chi connectivity index (χ4v) is 4.63. The maximum Gasteiger partial charge on any atom is 0.193 e. The Labute approximate surface area is 168 Å². The molecule has 1 aromatic heterocycles. The van der Waals surface area contributed by atoms with Gasteiger partial charge in [0, 0.05) is 33.3 Å². The Kier molecular flexibility index (Phi) is 6.88. The van der Waals surface area contributed by atoms with Gasteiger partial charge in [-0.15, -0.1) is 0 Å². The largest absolute Gasteiger partial charge is 0.468 e. The first-order valence-corrected chi connectivity index (χ1v) is 10.8. The van der Waals surface area contributed by atoms with Crippen LogP contribution in [-0.2, 0) is 9.47 Å². The van der Waals surface area contributed by atoms with Crippen LogP contribution in [0.15, 0.2) is 27.8 Å². The first-order chi connectivity index (χ1) is 13.8. The molecule has 0 saturated carbocycles. The standard InChI is InChI=1S/C21H34N4O3/c1-22-21(25-11-14-28-20(16-25)19-8-6-13-27-19)23-15-17(18-7-5-12-26-18)24-9-3-2-4-10-24/h5,7,12,17,19-20H,2-4,6,8-11,13-16H2,1H3,(H,22,23). The molecular weight excluding hydrogens is 356 g/mol. The fourth-order valence-electron chi connectivity index (χ4n) is 4.63. The summed E-state index contributed by atoms with van der Waals surface area (Å²) in [5.74, 6) is 1.98. The van der Waals surface area contributed by atoms with Gasteiger partial charge in [-0.25, -0.2) is 0 Å². The Bertz CT molecular complexity index is 609. The zero-order valence-corrected chi connectivity index (χ0v) is 17.0. The van der Waals surface area contributed by atoms with E-state index < -0.39 is 0 Å². The summed E-state index contributed by atoms with van der Waals surface area (Å²) in [5.41, 5.74) is 0. The molecule has 3 unspecified atom stereocenters. The smallest absolute Gasteiger partial charge is 0.193 e. The van der Waals surface area contributed by atoms with E-state index in [1.165, 1.54) is 19.3 Å². The van der Waals surface area contributed by atoms with E-state index in [-0.39, 0.29) is 18.2 Å². The van der Waals surface area contributed by atoms with Crippen molar-refractivity contribution in [3.63, 3.8) is 0 Å². The first-order valence-electron chi connectivity index (χ1n) is 10.8. The lowest BCUT2D eigenvalue weighted by Crippen LogP contribution is -2.54. The van der Waals surface area contributed by atoms with Gasteiger partial charge in [-0.05, 0) is 50.9 Å². The molecule has 1 N–H and O–H groups in total. The van der Waals surface area contributed by atoms with E-state index in [9.17, 15) is 0 Å². The molecule has 3 aliphatic heterocycles. The summed E-state index contributed by atoms with van der Waals surface area (Å²) in [6, 6.07) is 4.31. The average molecular weight is 391 g/mol. The third-order valence-electron chi connectivity index (χ3n) is 6.14. The highest BCUT2D eigenvalue weighted by Crippen LogP contribution is 2.25. The Morgan fingerprint density at radius 3 is 2.71 bits per heavy atom. The van der Waals surface area contributed by atoms with Gasteiger partial charge in [0.1, 0.15) is 11.9 Å². The van der Waals surface area contributed by atoms with Gasteiger partial charge in [0.15, 0.2) is 5.96 Å². The molecule has 3 aliphatic rings. The van der Waals surface area contributed by atoms with Gasteiger partial charge in [-0.3, -0.25) is 9.89 Å². The van der Waals surface area contributed by atoms with Crippen molar-refractivity contribution >= 4 is 5.96 Å². The molecule has 0 aliphatic carbocycles. The first kappa shape index (κ1) is 19.7. The lowest BCUT2D eigenvalue weighted by Gasteiger charge is -2.38. The molecule has 3 saturated heterocycles. The summed E-state index contributed by atoms with van der Waals surface area (Å²) in [4.78, 5) is 9.41. The number of nitrogens with zero attached hydrogens (tertiary/aromatic N) is 3. The predicted octanol–water partition coefficient (Wildman–Crippen LogP) is 2.26. The summed E-state index contributed by atoms with van der Waals surface area (Å²) in [5, 5.41) is 3.61. The highest BCUT2D eigenvalue weighted by Gasteiger charge is 2.33. The Morgan fingerprint density at radius 1 is 1.14 bits per heavy atom. The maximum atomic E-state index is 5.99. The van der Waals surface area contributed by atoms with E-state index in [1.54, 1.807) is 6.26 Å². The predicted molar refractivity (Wildman–Crippen MR) is 109 cm³/mol. The van der Waals surface area contributed by atoms with Crippen molar-refractivity contribution in [1.29, 1.82) is 0 Å². The molecule has 0 radical (unpaired) electrons. The number of nitrogens with one attached hydrogen (secondary N) is 1. The van der Waals surface area contributed by atoms with E-state index in [2.05, 4.69) is 26.2 Å². The summed E-state index contributed by atoms with van der Waals surface area (Å²) < 4.78 is 17.6. The number of hydrogen-bond acceptors (Lipinski definition) is 5. The summed E-state index contributed by atoms with van der Waals surface area (Å²) in [7, 11) is 1.86. The van der Waals surface area contributed by atoms with E-state index in [4.69, 9.17) is 13.9 Å². The van der Waals surface area contributed by atoms with Crippen LogP contribution in [0.5, 0.6) is 0 Å². The average Bonchev–Trinajstić information content (AvgIpc) is 3.46. The minimum atomic E-state index is 0.137. The van der Waals surface area contributed by atoms with Gasteiger partial charge in [0.25, 0.3) is 0 Å². The van der Waals surface area contributed by atoms with Gasteiger partial charge in [-0.2, -0.15) is 0 Å². The molecule has 0 bridgehead atoms. The lowest BCUT2D eigenvalue weighted by molar-refractivity contribution is -0.0817. The van der Waals surface area contributed by atoms with Crippen molar-refractivity contribution in [2.45, 2.75) is 50.4 Å². The zero-order valence-electron chi connectivity index (χ0n) is 17.0. The van der Waals surface area contributed by atoms with Crippen LogP contribution in [-0.4, -0.2) is 81.0 Å². The number of aliphatic imine (C=N–C) groups is 1. The van der Waals surface area contributed by atoms with Gasteiger partial charge in [0.05, 0.1) is 25.0 Å². The minimum Gasteiger partial charge on any atom is -0.468 e. The molecule has 4 heterocycles. The fraction of sp³-hybridized carbons (Fsp3) is 0.762. The van der Waals surface area contributed by atoms with Crippen molar-refractivity contribution in [3.05, 3.63) is 24.2 Å². The van der Waals surface area contributed by atoms with Crippen molar-refractivity contribution in [3.8, 4) is 0 Å². The highest BCUT2D eigenvalue weighted by molar-refractivity contribution is 5.80. The van der Waals surface area contributed by atoms with E-state index in [0.29, 0.717) is 0 Å². The molecule has 4 rings (SSSR count). The number of furan rings is 1. The van der Waals surface area contributed by atoms with Crippen molar-refractivity contribution in [2.24, 2.45) is 4.99 Å². The Hall–Kier alpha value is -1.57. The maximum absolute atomic E-state index is 5.99. The van der Waals surface area contributed by atoms with Crippen molar-refractivity contribution < 1.29 is 13.9 Å². The van der Waals surface area contributed by atoms with Crippen molar-refractivity contribution in [1.82, 2.24) is 15.1 Å². The van der Waals surface area contributed by atoms with Gasteiger partial charge < -0.3 is 24.1 Å². The second kappa shape index (κ2) is 9.76. The number of morpholine rings is 1. The van der Waals surface area contributed by atoms with Crippen LogP contribution < -0.4 is 5.32 Å². The number of piperidine rings is 1. The van der Waals surface area contributed by atoms with Gasteiger partial charge in [-0.1, -0.05) is 6.42 Å². The van der Waals surface area contributed by atoms with Crippen LogP contribution in [0.25, 0.3) is 0 Å². The normalized spacial score (nSPS) is 28.5. The monoisotopic (exact) mass is 390 g/mol. The minimum absolute atomic E-state index is 0.137. The lowest BCUT2D eigenvalue weighted by atomic mass is 10.1. The number of guanidine groups is 1. The number of rotatable bonds is 5. The number of hydrogen-bond donors (Lipinski definition) is 1. The van der Waals surface area contributed by atoms with Crippen LogP contribution in [0.3, 0.4) is 0 Å². The molecule has 7 nitrogen and oxygen atoms in total. The third kappa shape index (κ3) is 4.70. The van der Waals surface area contributed by atoms with E-state index >= 15 is 0 Å². The number of likely N-dealkylation sites (tertiary alicyclic amines) is 1.